The summed E-state index contributed by atoms with van der Waals surface area (Å²) in [6, 6.07) is 10.4. The van der Waals surface area contributed by atoms with Crippen LogP contribution in [0.3, 0.4) is 0 Å². The van der Waals surface area contributed by atoms with Gasteiger partial charge in [-0.2, -0.15) is 10.2 Å². The standard InChI is InChI=1S/C19H14F4N6O/c20-17(21)13-8-15(18(22)23)29-16(26-13)9-14(27-29)19(30)25-12-4-1-3-11(7-12)10-28-6-2-5-24-28/h1-9,17-18H,10H2,(H,25,30). The number of fused-ring (bicyclic) bond motifs is 1. The highest BCUT2D eigenvalue weighted by Crippen LogP contribution is 2.25. The van der Waals surface area contributed by atoms with Gasteiger partial charge in [-0.3, -0.25) is 9.48 Å². The maximum atomic E-state index is 13.3. The Hall–Kier alpha value is -3.76. The first-order valence-corrected chi connectivity index (χ1v) is 8.75. The molecule has 4 rings (SSSR count). The van der Waals surface area contributed by atoms with Crippen LogP contribution < -0.4 is 5.32 Å². The first-order chi connectivity index (χ1) is 14.4. The molecule has 7 nitrogen and oxygen atoms in total. The van der Waals surface area contributed by atoms with Gasteiger partial charge in [-0.25, -0.2) is 27.1 Å². The number of benzene rings is 1. The molecule has 0 aliphatic carbocycles. The Morgan fingerprint density at radius 2 is 1.90 bits per heavy atom. The Morgan fingerprint density at radius 3 is 2.60 bits per heavy atom. The van der Waals surface area contributed by atoms with Gasteiger partial charge in [0.1, 0.15) is 11.4 Å². The maximum absolute atomic E-state index is 13.3. The molecule has 30 heavy (non-hydrogen) atoms. The van der Waals surface area contributed by atoms with Crippen molar-refractivity contribution in [2.24, 2.45) is 0 Å². The number of amides is 1. The van der Waals surface area contributed by atoms with E-state index < -0.39 is 30.1 Å². The summed E-state index contributed by atoms with van der Waals surface area (Å²) in [6.07, 6.45) is -2.65. The number of halogens is 4. The summed E-state index contributed by atoms with van der Waals surface area (Å²) in [6.45, 7) is 0.489. The molecule has 3 heterocycles. The second-order valence-corrected chi connectivity index (χ2v) is 6.36. The molecule has 0 radical (unpaired) electrons. The van der Waals surface area contributed by atoms with Crippen LogP contribution >= 0.6 is 0 Å². The highest BCUT2D eigenvalue weighted by molar-refractivity contribution is 6.03. The van der Waals surface area contributed by atoms with E-state index in [-0.39, 0.29) is 11.3 Å². The van der Waals surface area contributed by atoms with Gasteiger partial charge in [0.05, 0.1) is 6.54 Å². The molecule has 0 aliphatic rings. The number of rotatable bonds is 6. The summed E-state index contributed by atoms with van der Waals surface area (Å²) in [7, 11) is 0. The van der Waals surface area contributed by atoms with E-state index in [4.69, 9.17) is 0 Å². The normalized spacial score (nSPS) is 11.5. The zero-order chi connectivity index (χ0) is 21.3. The van der Waals surface area contributed by atoms with Crippen LogP contribution in [0.4, 0.5) is 23.2 Å². The molecule has 1 amide bonds. The van der Waals surface area contributed by atoms with E-state index >= 15 is 0 Å². The Kier molecular flexibility index (Phi) is 5.17. The highest BCUT2D eigenvalue weighted by atomic mass is 19.3. The van der Waals surface area contributed by atoms with Crippen LogP contribution in [0.2, 0.25) is 0 Å². The number of hydrogen-bond donors (Lipinski definition) is 1. The quantitative estimate of drug-likeness (QED) is 0.479. The number of hydrogen-bond acceptors (Lipinski definition) is 4. The lowest BCUT2D eigenvalue weighted by molar-refractivity contribution is 0.102. The minimum atomic E-state index is -3.07. The fraction of sp³-hybridized carbons (Fsp3) is 0.158. The van der Waals surface area contributed by atoms with Crippen molar-refractivity contribution in [3.05, 3.63) is 77.5 Å². The minimum Gasteiger partial charge on any atom is -0.321 e. The van der Waals surface area contributed by atoms with Crippen molar-refractivity contribution < 1.29 is 22.4 Å². The van der Waals surface area contributed by atoms with Gasteiger partial charge in [0.15, 0.2) is 11.3 Å². The van der Waals surface area contributed by atoms with Gasteiger partial charge in [0.2, 0.25) is 0 Å². The zero-order valence-electron chi connectivity index (χ0n) is 15.2. The van der Waals surface area contributed by atoms with Crippen molar-refractivity contribution in [3.8, 4) is 0 Å². The summed E-state index contributed by atoms with van der Waals surface area (Å²) in [5.74, 6) is -0.685. The third kappa shape index (κ3) is 4.00. The first kappa shape index (κ1) is 19.6. The van der Waals surface area contributed by atoms with Crippen molar-refractivity contribution >= 4 is 17.2 Å². The summed E-state index contributed by atoms with van der Waals surface area (Å²) in [4.78, 5) is 16.2. The third-order valence-corrected chi connectivity index (χ3v) is 4.24. The summed E-state index contributed by atoms with van der Waals surface area (Å²) in [5, 5.41) is 10.5. The molecule has 1 aromatic carbocycles. The molecule has 0 spiro atoms. The highest BCUT2D eigenvalue weighted by Gasteiger charge is 2.22. The fourth-order valence-electron chi connectivity index (χ4n) is 2.92. The molecule has 154 valence electrons. The molecule has 0 saturated heterocycles. The van der Waals surface area contributed by atoms with Gasteiger partial charge in [-0.1, -0.05) is 12.1 Å². The summed E-state index contributed by atoms with van der Waals surface area (Å²) < 4.78 is 54.8. The Bertz CT molecular complexity index is 1190. The summed E-state index contributed by atoms with van der Waals surface area (Å²) in [5.41, 5.74) is -0.743. The molecule has 0 bridgehead atoms. The predicted octanol–water partition coefficient (Wildman–Crippen LogP) is 4.10. The number of nitrogens with zero attached hydrogens (tertiary/aromatic N) is 5. The van der Waals surface area contributed by atoms with E-state index in [2.05, 4.69) is 20.5 Å². The first-order valence-electron chi connectivity index (χ1n) is 8.75. The van der Waals surface area contributed by atoms with Crippen LogP contribution in [0.1, 0.15) is 40.3 Å². The van der Waals surface area contributed by atoms with Gasteiger partial charge in [-0.15, -0.1) is 0 Å². The van der Waals surface area contributed by atoms with Crippen molar-refractivity contribution in [1.82, 2.24) is 24.4 Å². The molecule has 0 fully saturated rings. The van der Waals surface area contributed by atoms with Gasteiger partial charge in [-0.05, 0) is 29.8 Å². The van der Waals surface area contributed by atoms with E-state index in [0.717, 1.165) is 11.6 Å². The molecule has 0 aliphatic heterocycles. The fourth-order valence-corrected chi connectivity index (χ4v) is 2.92. The molecule has 11 heteroatoms. The van der Waals surface area contributed by atoms with Crippen molar-refractivity contribution in [3.63, 3.8) is 0 Å². The topological polar surface area (TPSA) is 77.1 Å². The molecule has 0 saturated carbocycles. The van der Waals surface area contributed by atoms with Crippen LogP contribution in [0, 0.1) is 0 Å². The smallest absolute Gasteiger partial charge is 0.280 e. The van der Waals surface area contributed by atoms with Crippen LogP contribution in [0.25, 0.3) is 5.65 Å². The number of carbonyl (C=O) groups excluding carboxylic acids is 1. The number of carbonyl (C=O) groups is 1. The number of aromatic nitrogens is 5. The average Bonchev–Trinajstić information content (AvgIpc) is 3.36. The lowest BCUT2D eigenvalue weighted by Gasteiger charge is -2.07. The van der Waals surface area contributed by atoms with Gasteiger partial charge >= 0.3 is 0 Å². The van der Waals surface area contributed by atoms with Gasteiger partial charge < -0.3 is 5.32 Å². The maximum Gasteiger partial charge on any atom is 0.280 e. The molecule has 4 aromatic rings. The van der Waals surface area contributed by atoms with Crippen LogP contribution in [-0.2, 0) is 6.54 Å². The molecular weight excluding hydrogens is 404 g/mol. The largest absolute Gasteiger partial charge is 0.321 e. The third-order valence-electron chi connectivity index (χ3n) is 4.24. The average molecular weight is 418 g/mol. The second kappa shape index (κ2) is 7.93. The van der Waals surface area contributed by atoms with E-state index in [9.17, 15) is 22.4 Å². The monoisotopic (exact) mass is 418 g/mol. The van der Waals surface area contributed by atoms with E-state index in [1.807, 2.05) is 6.07 Å². The SMILES string of the molecule is O=C(Nc1cccc(Cn2cccn2)c1)c1cc2nc(C(F)F)cc(C(F)F)n2n1. The Balaban J connectivity index is 1.60. The van der Waals surface area contributed by atoms with Crippen LogP contribution in [0.15, 0.2) is 54.9 Å². The lowest BCUT2D eigenvalue weighted by Crippen LogP contribution is -2.13. The Labute approximate surface area is 167 Å². The zero-order valence-corrected chi connectivity index (χ0v) is 15.2. The number of anilines is 1. The molecule has 0 atom stereocenters. The van der Waals surface area contributed by atoms with E-state index in [0.29, 0.717) is 22.8 Å². The number of alkyl halides is 4. The lowest BCUT2D eigenvalue weighted by atomic mass is 10.2. The van der Waals surface area contributed by atoms with Crippen molar-refractivity contribution in [1.29, 1.82) is 0 Å². The Morgan fingerprint density at radius 1 is 1.07 bits per heavy atom. The predicted molar refractivity (Wildman–Crippen MR) is 98.6 cm³/mol. The molecule has 1 N–H and O–H groups in total. The van der Waals surface area contributed by atoms with Crippen molar-refractivity contribution in [2.75, 3.05) is 5.32 Å². The van der Waals surface area contributed by atoms with Crippen LogP contribution in [0.5, 0.6) is 0 Å². The second-order valence-electron chi connectivity index (χ2n) is 6.36. The van der Waals surface area contributed by atoms with Crippen molar-refractivity contribution in [2.45, 2.75) is 19.4 Å². The summed E-state index contributed by atoms with van der Waals surface area (Å²) >= 11 is 0. The van der Waals surface area contributed by atoms with Gasteiger partial charge in [0, 0.05) is 24.1 Å². The molecule has 3 aromatic heterocycles. The van der Waals surface area contributed by atoms with E-state index in [1.165, 1.54) is 0 Å². The number of nitrogens with one attached hydrogen (secondary N) is 1. The molecule has 0 unspecified atom stereocenters. The minimum absolute atomic E-state index is 0.228. The van der Waals surface area contributed by atoms with E-state index in [1.54, 1.807) is 41.3 Å². The van der Waals surface area contributed by atoms with Crippen LogP contribution in [-0.4, -0.2) is 30.3 Å². The molecular formula is C19H14F4N6O. The van der Waals surface area contributed by atoms with Gasteiger partial charge in [0.25, 0.3) is 18.8 Å².